The molecule has 0 spiro atoms. The zero-order valence-corrected chi connectivity index (χ0v) is 19.7. The number of piperazine rings is 1. The molecule has 29 heavy (non-hydrogen) atoms. The molecule has 2 heterocycles. The van der Waals surface area contributed by atoms with Gasteiger partial charge in [0.2, 0.25) is 0 Å². The largest absolute Gasteiger partial charge is 0.497 e. The van der Waals surface area contributed by atoms with E-state index in [0.29, 0.717) is 13.1 Å². The number of hydrogen-bond donors (Lipinski definition) is 1. The fourth-order valence-corrected chi connectivity index (χ4v) is 3.15. The number of halogens is 1. The highest BCUT2D eigenvalue weighted by atomic mass is 127. The van der Waals surface area contributed by atoms with Crippen LogP contribution in [0.1, 0.15) is 11.6 Å². The normalized spacial score (nSPS) is 14.4. The molecule has 0 atom stereocenters. The van der Waals surface area contributed by atoms with Gasteiger partial charge in [-0.05, 0) is 19.1 Å². The molecule has 1 aliphatic rings. The highest BCUT2D eigenvalue weighted by Gasteiger charge is 2.20. The Balaban J connectivity index is 0.00000300. The first kappa shape index (κ1) is 23.0. The second-order valence-corrected chi connectivity index (χ2v) is 6.71. The number of benzene rings is 1. The van der Waals surface area contributed by atoms with E-state index in [1.807, 2.05) is 36.7 Å². The van der Waals surface area contributed by atoms with Crippen LogP contribution in [0.15, 0.2) is 41.9 Å². The lowest BCUT2D eigenvalue weighted by molar-refractivity contribution is 0.372. The van der Waals surface area contributed by atoms with Crippen LogP contribution in [-0.2, 0) is 13.6 Å². The molecule has 1 aliphatic heterocycles. The first-order chi connectivity index (χ1) is 13.6. The molecule has 1 saturated heterocycles. The van der Waals surface area contributed by atoms with E-state index in [2.05, 4.69) is 44.0 Å². The summed E-state index contributed by atoms with van der Waals surface area (Å²) in [6, 6.07) is 8.20. The van der Waals surface area contributed by atoms with Crippen molar-refractivity contribution in [3.8, 4) is 5.75 Å². The molecule has 3 rings (SSSR count). The molecule has 0 radical (unpaired) electrons. The van der Waals surface area contributed by atoms with Gasteiger partial charge in [0.25, 0.3) is 0 Å². The van der Waals surface area contributed by atoms with Crippen LogP contribution in [0.5, 0.6) is 5.75 Å². The number of hydrogen-bond acceptors (Lipinski definition) is 5. The zero-order chi connectivity index (χ0) is 19.9. The third-order valence-electron chi connectivity index (χ3n) is 4.96. The van der Waals surface area contributed by atoms with Crippen molar-refractivity contribution in [1.82, 2.24) is 25.0 Å². The summed E-state index contributed by atoms with van der Waals surface area (Å²) < 4.78 is 7.31. The molecule has 1 fully saturated rings. The minimum atomic E-state index is 0. The minimum Gasteiger partial charge on any atom is -0.497 e. The first-order valence-electron chi connectivity index (χ1n) is 9.50. The van der Waals surface area contributed by atoms with Crippen LogP contribution in [-0.4, -0.2) is 65.5 Å². The quantitative estimate of drug-likeness (QED) is 0.278. The number of anilines is 1. The standard InChI is InChI=1S/C20H29N7O.HI/c1-5-9-21-20(22-15-19-24-23-16(2)25(19)3)27-12-10-26(11-13-27)17-7-6-8-18(14-17)28-4;/h5-8,14H,1,9-13,15H2,2-4H3,(H,21,22);1H. The maximum absolute atomic E-state index is 5.35. The van der Waals surface area contributed by atoms with Gasteiger partial charge < -0.3 is 24.4 Å². The average molecular weight is 511 g/mol. The summed E-state index contributed by atoms with van der Waals surface area (Å²) in [5, 5.41) is 11.7. The van der Waals surface area contributed by atoms with E-state index in [0.717, 1.165) is 49.5 Å². The summed E-state index contributed by atoms with van der Waals surface area (Å²) in [5.41, 5.74) is 1.19. The number of guanidine groups is 1. The van der Waals surface area contributed by atoms with Gasteiger partial charge in [-0.25, -0.2) is 4.99 Å². The molecule has 158 valence electrons. The molecule has 1 aromatic heterocycles. The Kier molecular flexibility index (Phi) is 8.74. The van der Waals surface area contributed by atoms with Crippen molar-refractivity contribution < 1.29 is 4.74 Å². The topological polar surface area (TPSA) is 70.8 Å². The van der Waals surface area contributed by atoms with Crippen LogP contribution in [0.3, 0.4) is 0 Å². The smallest absolute Gasteiger partial charge is 0.194 e. The van der Waals surface area contributed by atoms with Crippen molar-refractivity contribution in [3.63, 3.8) is 0 Å². The molecule has 0 bridgehead atoms. The number of ether oxygens (including phenoxy) is 1. The fourth-order valence-electron chi connectivity index (χ4n) is 3.15. The molecule has 2 aromatic rings. The van der Waals surface area contributed by atoms with Gasteiger partial charge in [-0.2, -0.15) is 0 Å². The van der Waals surface area contributed by atoms with Crippen LogP contribution in [0, 0.1) is 6.92 Å². The van der Waals surface area contributed by atoms with Crippen molar-refractivity contribution in [3.05, 3.63) is 48.6 Å². The van der Waals surface area contributed by atoms with E-state index in [4.69, 9.17) is 9.73 Å². The van der Waals surface area contributed by atoms with E-state index in [1.165, 1.54) is 5.69 Å². The van der Waals surface area contributed by atoms with Crippen LogP contribution in [0.25, 0.3) is 0 Å². The van der Waals surface area contributed by atoms with E-state index in [-0.39, 0.29) is 24.0 Å². The number of aryl methyl sites for hydroxylation is 1. The molecular formula is C20H30IN7O. The molecule has 9 heteroatoms. The van der Waals surface area contributed by atoms with Crippen molar-refractivity contribution >= 4 is 35.6 Å². The Hall–Kier alpha value is -2.30. The van der Waals surface area contributed by atoms with Crippen LogP contribution in [0.2, 0.25) is 0 Å². The number of aliphatic imine (C=N–C) groups is 1. The Labute approximate surface area is 189 Å². The summed E-state index contributed by atoms with van der Waals surface area (Å²) in [5.74, 6) is 3.50. The predicted octanol–water partition coefficient (Wildman–Crippen LogP) is 2.20. The lowest BCUT2D eigenvalue weighted by atomic mass is 10.2. The van der Waals surface area contributed by atoms with E-state index in [9.17, 15) is 0 Å². The first-order valence-corrected chi connectivity index (χ1v) is 9.50. The maximum atomic E-state index is 5.35. The monoisotopic (exact) mass is 511 g/mol. The van der Waals surface area contributed by atoms with Gasteiger partial charge in [0.1, 0.15) is 18.1 Å². The van der Waals surface area contributed by atoms with Crippen molar-refractivity contribution in [2.45, 2.75) is 13.5 Å². The molecule has 1 aromatic carbocycles. The zero-order valence-electron chi connectivity index (χ0n) is 17.3. The van der Waals surface area contributed by atoms with Crippen molar-refractivity contribution in [2.24, 2.45) is 12.0 Å². The molecule has 0 aliphatic carbocycles. The molecular weight excluding hydrogens is 481 g/mol. The van der Waals surface area contributed by atoms with Crippen LogP contribution >= 0.6 is 24.0 Å². The third kappa shape index (κ3) is 5.84. The van der Waals surface area contributed by atoms with Gasteiger partial charge in [-0.3, -0.25) is 0 Å². The predicted molar refractivity (Wildman–Crippen MR) is 127 cm³/mol. The number of nitrogens with zero attached hydrogens (tertiary/aromatic N) is 6. The van der Waals surface area contributed by atoms with Gasteiger partial charge in [0, 0.05) is 51.5 Å². The Morgan fingerprint density at radius 1 is 1.28 bits per heavy atom. The summed E-state index contributed by atoms with van der Waals surface area (Å²) >= 11 is 0. The summed E-state index contributed by atoms with van der Waals surface area (Å²) in [4.78, 5) is 9.43. The molecule has 0 amide bonds. The lowest BCUT2D eigenvalue weighted by Crippen LogP contribution is -2.52. The maximum Gasteiger partial charge on any atom is 0.194 e. The minimum absolute atomic E-state index is 0. The fraction of sp³-hybridized carbons (Fsp3) is 0.450. The van der Waals surface area contributed by atoms with Crippen molar-refractivity contribution in [1.29, 1.82) is 0 Å². The Morgan fingerprint density at radius 2 is 2.03 bits per heavy atom. The van der Waals surface area contributed by atoms with Gasteiger partial charge in [-0.15, -0.1) is 40.8 Å². The Morgan fingerprint density at radius 3 is 2.66 bits per heavy atom. The molecule has 0 unspecified atom stereocenters. The lowest BCUT2D eigenvalue weighted by Gasteiger charge is -2.37. The second-order valence-electron chi connectivity index (χ2n) is 6.71. The molecule has 1 N–H and O–H groups in total. The van der Waals surface area contributed by atoms with Crippen LogP contribution < -0.4 is 15.0 Å². The SMILES string of the molecule is C=CCNC(=NCc1nnc(C)n1C)N1CCN(c2cccc(OC)c2)CC1.I. The summed E-state index contributed by atoms with van der Waals surface area (Å²) in [7, 11) is 3.66. The van der Waals surface area contributed by atoms with Crippen LogP contribution in [0.4, 0.5) is 5.69 Å². The average Bonchev–Trinajstić information content (AvgIpc) is 3.06. The highest BCUT2D eigenvalue weighted by Crippen LogP contribution is 2.22. The Bertz CT molecular complexity index is 828. The van der Waals surface area contributed by atoms with Gasteiger partial charge in [0.15, 0.2) is 11.8 Å². The highest BCUT2D eigenvalue weighted by molar-refractivity contribution is 14.0. The van der Waals surface area contributed by atoms with Gasteiger partial charge >= 0.3 is 0 Å². The third-order valence-corrected chi connectivity index (χ3v) is 4.96. The molecule has 0 saturated carbocycles. The van der Waals surface area contributed by atoms with Gasteiger partial charge in [-0.1, -0.05) is 12.1 Å². The molecule has 8 nitrogen and oxygen atoms in total. The number of methoxy groups -OCH3 is 1. The van der Waals surface area contributed by atoms with E-state index < -0.39 is 0 Å². The summed E-state index contributed by atoms with van der Waals surface area (Å²) in [6.45, 7) is 10.5. The number of rotatable bonds is 6. The second kappa shape index (κ2) is 11.0. The van der Waals surface area contributed by atoms with E-state index in [1.54, 1.807) is 7.11 Å². The summed E-state index contributed by atoms with van der Waals surface area (Å²) in [6.07, 6.45) is 1.84. The van der Waals surface area contributed by atoms with E-state index >= 15 is 0 Å². The van der Waals surface area contributed by atoms with Crippen molar-refractivity contribution in [2.75, 3.05) is 44.7 Å². The number of nitrogens with one attached hydrogen (secondary N) is 1. The number of aromatic nitrogens is 3. The van der Waals surface area contributed by atoms with Gasteiger partial charge in [0.05, 0.1) is 7.11 Å².